The summed E-state index contributed by atoms with van der Waals surface area (Å²) in [6, 6.07) is 8.44. The zero-order valence-electron chi connectivity index (χ0n) is 13.2. The predicted octanol–water partition coefficient (Wildman–Crippen LogP) is 5.86. The first kappa shape index (κ1) is 16.1. The summed E-state index contributed by atoms with van der Waals surface area (Å²) in [7, 11) is 0. The molecule has 2 rings (SSSR count). The van der Waals surface area contributed by atoms with Crippen molar-refractivity contribution in [3.8, 4) is 11.8 Å². The lowest BCUT2D eigenvalue weighted by atomic mass is 9.77. The van der Waals surface area contributed by atoms with Gasteiger partial charge in [-0.25, -0.2) is 4.39 Å². The highest BCUT2D eigenvalue weighted by molar-refractivity contribution is 5.37. The summed E-state index contributed by atoms with van der Waals surface area (Å²) in [5.41, 5.74) is 2.36. The third kappa shape index (κ3) is 5.20. The smallest absolute Gasteiger partial charge is 0.150 e. The molecule has 1 saturated carbocycles. The lowest BCUT2D eigenvalue weighted by Gasteiger charge is -2.29. The van der Waals surface area contributed by atoms with Crippen molar-refractivity contribution >= 4 is 0 Å². The molecule has 0 nitrogen and oxygen atoms in total. The fourth-order valence-electron chi connectivity index (χ4n) is 3.44. The van der Waals surface area contributed by atoms with Gasteiger partial charge < -0.3 is 0 Å². The third-order valence-electron chi connectivity index (χ3n) is 4.74. The summed E-state index contributed by atoms with van der Waals surface area (Å²) in [6.45, 7) is 1.71. The molecular weight excluding hydrogens is 259 g/mol. The molecule has 0 radical (unpaired) electrons. The zero-order chi connectivity index (χ0) is 14.9. The molecule has 1 aromatic rings. The first-order valence-electron chi connectivity index (χ1n) is 8.48. The van der Waals surface area contributed by atoms with Crippen LogP contribution in [-0.2, 0) is 0 Å². The van der Waals surface area contributed by atoms with Gasteiger partial charge in [0.1, 0.15) is 0 Å². The van der Waals surface area contributed by atoms with Crippen molar-refractivity contribution in [2.24, 2.45) is 5.92 Å². The van der Waals surface area contributed by atoms with Crippen molar-refractivity contribution in [1.82, 2.24) is 0 Å². The van der Waals surface area contributed by atoms with Crippen LogP contribution in [0, 0.1) is 17.8 Å². The first-order valence-corrected chi connectivity index (χ1v) is 8.48. The van der Waals surface area contributed by atoms with Gasteiger partial charge in [-0.3, -0.25) is 0 Å². The summed E-state index contributed by atoms with van der Waals surface area (Å²) >= 11 is 0. The maximum Gasteiger partial charge on any atom is 0.150 e. The molecular formula is C20H27F. The van der Waals surface area contributed by atoms with Crippen molar-refractivity contribution in [2.75, 3.05) is 6.67 Å². The Morgan fingerprint density at radius 2 is 1.76 bits per heavy atom. The molecule has 1 fully saturated rings. The number of halogens is 1. The average Bonchev–Trinajstić information content (AvgIpc) is 2.54. The number of alkyl halides is 1. The minimum atomic E-state index is -0.566. The minimum Gasteiger partial charge on any atom is -0.237 e. The molecule has 0 aromatic heterocycles. The van der Waals surface area contributed by atoms with E-state index in [0.29, 0.717) is 0 Å². The lowest BCUT2D eigenvalue weighted by Crippen LogP contribution is -2.13. The molecule has 1 heteroatoms. The van der Waals surface area contributed by atoms with Crippen LogP contribution in [0.25, 0.3) is 0 Å². The average molecular weight is 286 g/mol. The third-order valence-corrected chi connectivity index (χ3v) is 4.74. The molecule has 0 spiro atoms. The van der Waals surface area contributed by atoms with Crippen molar-refractivity contribution in [1.29, 1.82) is 0 Å². The summed E-state index contributed by atoms with van der Waals surface area (Å²) in [6.07, 6.45) is 11.0. The molecule has 0 amide bonds. The second kappa shape index (κ2) is 8.88. The normalized spacial score (nSPS) is 21.6. The Balaban J connectivity index is 1.81. The van der Waals surface area contributed by atoms with Crippen molar-refractivity contribution in [3.05, 3.63) is 35.4 Å². The molecule has 1 aromatic carbocycles. The number of hydrogen-bond acceptors (Lipinski definition) is 0. The highest BCUT2D eigenvalue weighted by atomic mass is 19.1. The van der Waals surface area contributed by atoms with Crippen LogP contribution in [0.3, 0.4) is 0 Å². The number of unbranched alkanes of at least 4 members (excludes halogenated alkanes) is 2. The quantitative estimate of drug-likeness (QED) is 0.469. The Labute approximate surface area is 129 Å². The van der Waals surface area contributed by atoms with Crippen molar-refractivity contribution in [3.63, 3.8) is 0 Å². The molecule has 1 aliphatic carbocycles. The fourth-order valence-corrected chi connectivity index (χ4v) is 3.44. The van der Waals surface area contributed by atoms with Gasteiger partial charge in [-0.2, -0.15) is 0 Å². The summed E-state index contributed by atoms with van der Waals surface area (Å²) < 4.78 is 12.0. The van der Waals surface area contributed by atoms with Gasteiger partial charge in [0, 0.05) is 5.56 Å². The SMILES string of the molecule is CCCCC[C@H]1CC[C@H](c2ccc(C#CCF)cc2)CC1. The van der Waals surface area contributed by atoms with E-state index >= 15 is 0 Å². The molecule has 0 aliphatic heterocycles. The molecule has 0 atom stereocenters. The van der Waals surface area contributed by atoms with Crippen LogP contribution in [0.1, 0.15) is 75.3 Å². The van der Waals surface area contributed by atoms with Crippen LogP contribution in [0.4, 0.5) is 4.39 Å². The molecule has 0 heterocycles. The van der Waals surface area contributed by atoms with Gasteiger partial charge in [0.25, 0.3) is 0 Å². The molecule has 21 heavy (non-hydrogen) atoms. The van der Waals surface area contributed by atoms with Gasteiger partial charge in [0.05, 0.1) is 0 Å². The standard InChI is InChI=1S/C20H27F/c1-2-3-4-6-17-8-12-19(13-9-17)20-14-10-18(11-15-20)7-5-16-21/h10-11,14-15,17,19H,2-4,6,8-9,12-13,16H2,1H3/t17-,19-. The molecule has 0 bridgehead atoms. The Kier molecular flexibility index (Phi) is 6.80. The molecule has 1 aliphatic rings. The van der Waals surface area contributed by atoms with E-state index in [2.05, 4.69) is 30.9 Å². The molecule has 0 saturated heterocycles. The molecule has 114 valence electrons. The van der Waals surface area contributed by atoms with Gasteiger partial charge in [-0.15, -0.1) is 0 Å². The van der Waals surface area contributed by atoms with E-state index in [1.807, 2.05) is 12.1 Å². The summed E-state index contributed by atoms with van der Waals surface area (Å²) in [5, 5.41) is 0. The summed E-state index contributed by atoms with van der Waals surface area (Å²) in [5.74, 6) is 6.99. The van der Waals surface area contributed by atoms with Gasteiger partial charge >= 0.3 is 0 Å². The first-order chi connectivity index (χ1) is 10.3. The largest absolute Gasteiger partial charge is 0.237 e. The fraction of sp³-hybridized carbons (Fsp3) is 0.600. The van der Waals surface area contributed by atoms with E-state index in [9.17, 15) is 4.39 Å². The molecule has 0 N–H and O–H groups in total. The van der Waals surface area contributed by atoms with E-state index in [0.717, 1.165) is 17.4 Å². The minimum absolute atomic E-state index is 0.566. The van der Waals surface area contributed by atoms with Crippen LogP contribution in [-0.4, -0.2) is 6.67 Å². The van der Waals surface area contributed by atoms with Gasteiger partial charge in [-0.1, -0.05) is 56.6 Å². The predicted molar refractivity (Wildman–Crippen MR) is 88.1 cm³/mol. The van der Waals surface area contributed by atoms with Crippen LogP contribution >= 0.6 is 0 Å². The second-order valence-corrected chi connectivity index (χ2v) is 6.27. The second-order valence-electron chi connectivity index (χ2n) is 6.27. The number of hydrogen-bond donors (Lipinski definition) is 0. The van der Waals surface area contributed by atoms with E-state index < -0.39 is 6.67 Å². The van der Waals surface area contributed by atoms with Crippen molar-refractivity contribution < 1.29 is 4.39 Å². The zero-order valence-corrected chi connectivity index (χ0v) is 13.2. The monoisotopic (exact) mass is 286 g/mol. The Morgan fingerprint density at radius 1 is 1.05 bits per heavy atom. The van der Waals surface area contributed by atoms with Crippen LogP contribution in [0.2, 0.25) is 0 Å². The Morgan fingerprint density at radius 3 is 2.38 bits per heavy atom. The highest BCUT2D eigenvalue weighted by Gasteiger charge is 2.21. The molecule has 0 unspecified atom stereocenters. The van der Waals surface area contributed by atoms with Crippen LogP contribution in [0.15, 0.2) is 24.3 Å². The Hall–Kier alpha value is -1.29. The highest BCUT2D eigenvalue weighted by Crippen LogP contribution is 2.37. The lowest BCUT2D eigenvalue weighted by molar-refractivity contribution is 0.303. The van der Waals surface area contributed by atoms with E-state index in [1.165, 1.54) is 56.9 Å². The maximum atomic E-state index is 12.0. The van der Waals surface area contributed by atoms with E-state index in [1.54, 1.807) is 0 Å². The van der Waals surface area contributed by atoms with Crippen LogP contribution in [0.5, 0.6) is 0 Å². The van der Waals surface area contributed by atoms with Gasteiger partial charge in [0.15, 0.2) is 6.67 Å². The summed E-state index contributed by atoms with van der Waals surface area (Å²) in [4.78, 5) is 0. The van der Waals surface area contributed by atoms with Gasteiger partial charge in [0.2, 0.25) is 0 Å². The topological polar surface area (TPSA) is 0 Å². The van der Waals surface area contributed by atoms with Gasteiger partial charge in [-0.05, 0) is 55.2 Å². The van der Waals surface area contributed by atoms with E-state index in [-0.39, 0.29) is 0 Å². The maximum absolute atomic E-state index is 12.0. The number of benzene rings is 1. The number of rotatable bonds is 5. The van der Waals surface area contributed by atoms with Crippen LogP contribution < -0.4 is 0 Å². The van der Waals surface area contributed by atoms with Crippen molar-refractivity contribution in [2.45, 2.75) is 64.2 Å². The Bertz CT molecular complexity index is 455. The van der Waals surface area contributed by atoms with E-state index in [4.69, 9.17) is 0 Å².